The third kappa shape index (κ3) is 7.27. The van der Waals surface area contributed by atoms with Gasteiger partial charge in [-0.2, -0.15) is 0 Å². The molecule has 7 nitrogen and oxygen atoms in total. The average Bonchev–Trinajstić information content (AvgIpc) is 2.77. The van der Waals surface area contributed by atoms with Crippen LogP contribution in [-0.4, -0.2) is 50.0 Å². The third-order valence-electron chi connectivity index (χ3n) is 5.58. The summed E-state index contributed by atoms with van der Waals surface area (Å²) in [5.74, 6) is -1.54. The van der Waals surface area contributed by atoms with Crippen molar-refractivity contribution in [1.29, 1.82) is 0 Å². The number of aryl methyl sites for hydroxylation is 1. The Balaban J connectivity index is 2.42. The van der Waals surface area contributed by atoms with E-state index in [-0.39, 0.29) is 18.2 Å². The van der Waals surface area contributed by atoms with Crippen LogP contribution in [0.25, 0.3) is 0 Å². The van der Waals surface area contributed by atoms with Crippen molar-refractivity contribution in [2.75, 3.05) is 17.1 Å². The molecule has 0 unspecified atom stereocenters. The van der Waals surface area contributed by atoms with Gasteiger partial charge in [0, 0.05) is 22.6 Å². The molecule has 2 rings (SSSR count). The highest BCUT2D eigenvalue weighted by Crippen LogP contribution is 2.25. The van der Waals surface area contributed by atoms with E-state index in [2.05, 4.69) is 21.2 Å². The molecule has 2 amide bonds. The Morgan fingerprint density at radius 3 is 2.35 bits per heavy atom. The van der Waals surface area contributed by atoms with E-state index < -0.39 is 40.2 Å². The van der Waals surface area contributed by atoms with Crippen molar-refractivity contribution in [1.82, 2.24) is 10.2 Å². The lowest BCUT2D eigenvalue weighted by atomic mass is 10.1. The fourth-order valence-corrected chi connectivity index (χ4v) is 4.34. The molecule has 2 aromatic rings. The molecule has 0 bridgehead atoms. The van der Waals surface area contributed by atoms with Gasteiger partial charge < -0.3 is 10.2 Å². The number of nitrogens with zero attached hydrogens (tertiary/aromatic N) is 2. The quantitative estimate of drug-likeness (QED) is 0.480. The first kappa shape index (κ1) is 27.8. The first-order valence-corrected chi connectivity index (χ1v) is 13.6. The molecule has 34 heavy (non-hydrogen) atoms. The molecular formula is C24H31BrFN3O4S. The topological polar surface area (TPSA) is 86.8 Å². The predicted octanol–water partition coefficient (Wildman–Crippen LogP) is 3.99. The molecule has 0 spiro atoms. The molecule has 186 valence electrons. The highest BCUT2D eigenvalue weighted by Gasteiger charge is 2.31. The zero-order valence-corrected chi connectivity index (χ0v) is 22.4. The number of rotatable bonds is 10. The molecule has 0 aliphatic heterocycles. The van der Waals surface area contributed by atoms with Gasteiger partial charge in [0.25, 0.3) is 0 Å². The average molecular weight is 556 g/mol. The van der Waals surface area contributed by atoms with Crippen molar-refractivity contribution in [3.63, 3.8) is 0 Å². The van der Waals surface area contributed by atoms with E-state index in [0.717, 1.165) is 20.6 Å². The Bertz CT molecular complexity index is 1140. The summed E-state index contributed by atoms with van der Waals surface area (Å²) in [5, 5.41) is 2.83. The SMILES string of the molecule is CC[C@@H](C)NC(=O)[C@H](C)N(Cc1ccccc1F)C(=O)CN(c1ccc(Br)c(C)c1)S(C)(=O)=O. The molecule has 0 heterocycles. The van der Waals surface area contributed by atoms with Gasteiger partial charge in [-0.25, -0.2) is 12.8 Å². The van der Waals surface area contributed by atoms with Crippen molar-refractivity contribution in [3.8, 4) is 0 Å². The van der Waals surface area contributed by atoms with Crippen molar-refractivity contribution in [2.24, 2.45) is 0 Å². The first-order chi connectivity index (χ1) is 15.8. The summed E-state index contributed by atoms with van der Waals surface area (Å²) in [6, 6.07) is 9.85. The van der Waals surface area contributed by atoms with Gasteiger partial charge in [0.2, 0.25) is 21.8 Å². The maximum atomic E-state index is 14.4. The second-order valence-electron chi connectivity index (χ2n) is 8.31. The second-order valence-corrected chi connectivity index (χ2v) is 11.1. The Hall–Kier alpha value is -2.46. The van der Waals surface area contributed by atoms with Gasteiger partial charge in [-0.3, -0.25) is 13.9 Å². The van der Waals surface area contributed by atoms with Gasteiger partial charge in [0.15, 0.2) is 0 Å². The van der Waals surface area contributed by atoms with Crippen molar-refractivity contribution < 1.29 is 22.4 Å². The van der Waals surface area contributed by atoms with E-state index in [1.807, 2.05) is 20.8 Å². The standard InChI is InChI=1S/C24H31BrFN3O4S/c1-6-17(3)27-24(31)18(4)28(14-19-9-7-8-10-22(19)26)23(30)15-29(34(5,32)33)20-11-12-21(25)16(2)13-20/h7-13,17-18H,6,14-15H2,1-5H3,(H,27,31)/t17-,18+/m1/s1. The van der Waals surface area contributed by atoms with Crippen LogP contribution in [0.5, 0.6) is 0 Å². The van der Waals surface area contributed by atoms with Gasteiger partial charge in [-0.1, -0.05) is 41.1 Å². The summed E-state index contributed by atoms with van der Waals surface area (Å²) in [7, 11) is -3.83. The van der Waals surface area contributed by atoms with Crippen LogP contribution >= 0.6 is 15.9 Å². The van der Waals surface area contributed by atoms with Crippen LogP contribution < -0.4 is 9.62 Å². The number of carbonyl (C=O) groups is 2. The largest absolute Gasteiger partial charge is 0.352 e. The number of hydrogen-bond acceptors (Lipinski definition) is 4. The number of anilines is 1. The molecule has 0 aromatic heterocycles. The second kappa shape index (κ2) is 11.8. The van der Waals surface area contributed by atoms with Crippen LogP contribution in [0.4, 0.5) is 10.1 Å². The van der Waals surface area contributed by atoms with Crippen molar-refractivity contribution in [2.45, 2.75) is 52.7 Å². The Kier molecular flexibility index (Phi) is 9.64. The highest BCUT2D eigenvalue weighted by atomic mass is 79.9. The van der Waals surface area contributed by atoms with Crippen LogP contribution in [0.2, 0.25) is 0 Å². The lowest BCUT2D eigenvalue weighted by Gasteiger charge is -2.32. The van der Waals surface area contributed by atoms with Crippen LogP contribution in [-0.2, 0) is 26.2 Å². The molecule has 10 heteroatoms. The summed E-state index contributed by atoms with van der Waals surface area (Å²) >= 11 is 3.38. The first-order valence-electron chi connectivity index (χ1n) is 10.9. The van der Waals surface area contributed by atoms with E-state index in [9.17, 15) is 22.4 Å². The molecule has 0 fully saturated rings. The lowest BCUT2D eigenvalue weighted by molar-refractivity contribution is -0.139. The predicted molar refractivity (Wildman–Crippen MR) is 135 cm³/mol. The Morgan fingerprint density at radius 1 is 1.15 bits per heavy atom. The summed E-state index contributed by atoms with van der Waals surface area (Å²) < 4.78 is 41.4. The zero-order chi connectivity index (χ0) is 25.6. The fourth-order valence-electron chi connectivity index (χ4n) is 3.26. The van der Waals surface area contributed by atoms with Gasteiger partial charge in [0.1, 0.15) is 18.4 Å². The minimum Gasteiger partial charge on any atom is -0.352 e. The molecule has 2 atom stereocenters. The number of amides is 2. The molecule has 0 aliphatic carbocycles. The molecule has 0 radical (unpaired) electrons. The highest BCUT2D eigenvalue weighted by molar-refractivity contribution is 9.10. The number of benzene rings is 2. The number of carbonyl (C=O) groups excluding carboxylic acids is 2. The van der Waals surface area contributed by atoms with Gasteiger partial charge in [-0.05, 0) is 57.0 Å². The summed E-state index contributed by atoms with van der Waals surface area (Å²) in [6.45, 7) is 6.40. The maximum Gasteiger partial charge on any atom is 0.244 e. The molecule has 0 saturated carbocycles. The third-order valence-corrected chi connectivity index (χ3v) is 7.61. The lowest BCUT2D eigenvalue weighted by Crippen LogP contribution is -2.52. The number of sulfonamides is 1. The van der Waals surface area contributed by atoms with Crippen LogP contribution in [0.3, 0.4) is 0 Å². The van der Waals surface area contributed by atoms with Gasteiger partial charge >= 0.3 is 0 Å². The molecule has 0 aliphatic rings. The van der Waals surface area contributed by atoms with Gasteiger partial charge in [-0.15, -0.1) is 0 Å². The summed E-state index contributed by atoms with van der Waals surface area (Å²) in [5.41, 5.74) is 1.34. The molecular weight excluding hydrogens is 525 g/mol. The number of hydrogen-bond donors (Lipinski definition) is 1. The van der Waals surface area contributed by atoms with Gasteiger partial charge in [0.05, 0.1) is 11.9 Å². The molecule has 1 N–H and O–H groups in total. The Labute approximate surface area is 209 Å². The molecule has 2 aromatic carbocycles. The number of halogens is 2. The Morgan fingerprint density at radius 2 is 1.79 bits per heavy atom. The number of nitrogens with one attached hydrogen (secondary N) is 1. The van der Waals surface area contributed by atoms with E-state index in [0.29, 0.717) is 12.1 Å². The van der Waals surface area contributed by atoms with E-state index in [1.165, 1.54) is 23.1 Å². The maximum absolute atomic E-state index is 14.4. The monoisotopic (exact) mass is 555 g/mol. The minimum absolute atomic E-state index is 0.112. The smallest absolute Gasteiger partial charge is 0.244 e. The van der Waals surface area contributed by atoms with E-state index >= 15 is 0 Å². The van der Waals surface area contributed by atoms with E-state index in [1.54, 1.807) is 31.2 Å². The van der Waals surface area contributed by atoms with Crippen LogP contribution in [0.1, 0.15) is 38.3 Å². The minimum atomic E-state index is -3.83. The van der Waals surface area contributed by atoms with Crippen molar-refractivity contribution >= 4 is 43.5 Å². The van der Waals surface area contributed by atoms with Crippen LogP contribution in [0.15, 0.2) is 46.9 Å². The molecule has 0 saturated heterocycles. The zero-order valence-electron chi connectivity index (χ0n) is 20.0. The van der Waals surface area contributed by atoms with Crippen LogP contribution in [0, 0.1) is 12.7 Å². The fraction of sp³-hybridized carbons (Fsp3) is 0.417. The normalized spacial score (nSPS) is 13.1. The summed E-state index contributed by atoms with van der Waals surface area (Å²) in [6.07, 6.45) is 1.71. The van der Waals surface area contributed by atoms with E-state index in [4.69, 9.17) is 0 Å². The van der Waals surface area contributed by atoms with Crippen molar-refractivity contribution in [3.05, 3.63) is 63.9 Å². The summed E-state index contributed by atoms with van der Waals surface area (Å²) in [4.78, 5) is 27.5.